The third-order valence-corrected chi connectivity index (χ3v) is 3.73. The highest BCUT2D eigenvalue weighted by Crippen LogP contribution is 2.22. The molecule has 1 fully saturated rings. The molecular weight excluding hydrogens is 310 g/mol. The van der Waals surface area contributed by atoms with Gasteiger partial charge in [0, 0.05) is 50.3 Å². The minimum absolute atomic E-state index is 0.0233. The van der Waals surface area contributed by atoms with Gasteiger partial charge in [0.15, 0.2) is 0 Å². The van der Waals surface area contributed by atoms with E-state index in [1.165, 1.54) is 17.6 Å². The van der Waals surface area contributed by atoms with Gasteiger partial charge >= 0.3 is 6.43 Å². The number of carbonyl (C=O) groups excluding carboxylic acids is 1. The summed E-state index contributed by atoms with van der Waals surface area (Å²) in [5.74, 6) is -0.634. The molecule has 1 aliphatic rings. The quantitative estimate of drug-likeness (QED) is 0.847. The Bertz CT molecular complexity index is 780. The highest BCUT2D eigenvalue weighted by Gasteiger charge is 2.28. The maximum atomic E-state index is 12.4. The largest absolute Gasteiger partial charge is 0.415 e. The van der Waals surface area contributed by atoms with Crippen molar-refractivity contribution in [2.45, 2.75) is 19.9 Å². The molecule has 7 nitrogen and oxygen atoms in total. The number of nitrogens with zero attached hydrogens (tertiary/aromatic N) is 4. The average molecular weight is 324 g/mol. The van der Waals surface area contributed by atoms with Gasteiger partial charge in [-0.1, -0.05) is 0 Å². The number of halogens is 2. The molecule has 0 saturated carbocycles. The van der Waals surface area contributed by atoms with Crippen molar-refractivity contribution in [1.29, 1.82) is 0 Å². The standard InChI is InChI=1S/C14H14F2N4O3/c1-8(21)20-6-9(7-20)5-19-3-2-10(4-11(19)22)13-17-18-14(23-13)12(15)16/h2-4,9,12H,5-7H2,1H3. The topological polar surface area (TPSA) is 81.2 Å². The fourth-order valence-corrected chi connectivity index (χ4v) is 2.45. The molecule has 0 N–H and O–H groups in total. The van der Waals surface area contributed by atoms with E-state index in [-0.39, 0.29) is 23.3 Å². The van der Waals surface area contributed by atoms with Crippen LogP contribution in [0.4, 0.5) is 8.78 Å². The van der Waals surface area contributed by atoms with Crippen molar-refractivity contribution in [3.8, 4) is 11.5 Å². The van der Waals surface area contributed by atoms with Crippen LogP contribution >= 0.6 is 0 Å². The predicted octanol–water partition coefficient (Wildman–Crippen LogP) is 1.31. The molecular formula is C14H14F2N4O3. The number of rotatable bonds is 4. The molecule has 0 radical (unpaired) electrons. The molecule has 0 spiro atoms. The van der Waals surface area contributed by atoms with Crippen molar-refractivity contribution in [3.63, 3.8) is 0 Å². The van der Waals surface area contributed by atoms with E-state index in [0.717, 1.165) is 0 Å². The Labute approximate surface area is 129 Å². The normalized spacial score (nSPS) is 15.0. The van der Waals surface area contributed by atoms with Crippen LogP contribution in [0.2, 0.25) is 0 Å². The van der Waals surface area contributed by atoms with Crippen LogP contribution in [-0.4, -0.2) is 38.7 Å². The van der Waals surface area contributed by atoms with Crippen LogP contribution in [0.5, 0.6) is 0 Å². The number of amides is 1. The molecule has 1 amide bonds. The molecule has 3 rings (SSSR count). The van der Waals surface area contributed by atoms with E-state index in [4.69, 9.17) is 4.42 Å². The van der Waals surface area contributed by atoms with Crippen molar-refractivity contribution < 1.29 is 18.0 Å². The van der Waals surface area contributed by atoms with Gasteiger partial charge in [-0.15, -0.1) is 10.2 Å². The number of aromatic nitrogens is 3. The van der Waals surface area contributed by atoms with E-state index in [2.05, 4.69) is 10.2 Å². The van der Waals surface area contributed by atoms with Crippen molar-refractivity contribution in [2.75, 3.05) is 13.1 Å². The van der Waals surface area contributed by atoms with Crippen LogP contribution in [0.3, 0.4) is 0 Å². The fraction of sp³-hybridized carbons (Fsp3) is 0.429. The number of hydrogen-bond acceptors (Lipinski definition) is 5. The van der Waals surface area contributed by atoms with Crippen LogP contribution in [-0.2, 0) is 11.3 Å². The van der Waals surface area contributed by atoms with Crippen molar-refractivity contribution >= 4 is 5.91 Å². The SMILES string of the molecule is CC(=O)N1CC(Cn2ccc(-c3nnc(C(F)F)o3)cc2=O)C1. The molecule has 0 unspecified atom stereocenters. The summed E-state index contributed by atoms with van der Waals surface area (Å²) in [6.45, 7) is 3.26. The maximum Gasteiger partial charge on any atom is 0.314 e. The van der Waals surface area contributed by atoms with Crippen LogP contribution < -0.4 is 5.56 Å². The number of hydrogen-bond donors (Lipinski definition) is 0. The van der Waals surface area contributed by atoms with E-state index in [9.17, 15) is 18.4 Å². The van der Waals surface area contributed by atoms with Gasteiger partial charge in [0.05, 0.1) is 0 Å². The second kappa shape index (κ2) is 5.90. The van der Waals surface area contributed by atoms with Gasteiger partial charge in [-0.05, 0) is 6.07 Å². The molecule has 122 valence electrons. The lowest BCUT2D eigenvalue weighted by molar-refractivity contribution is -0.135. The van der Waals surface area contributed by atoms with E-state index in [1.54, 1.807) is 17.2 Å². The highest BCUT2D eigenvalue weighted by molar-refractivity contribution is 5.74. The molecule has 1 aliphatic heterocycles. The van der Waals surface area contributed by atoms with Gasteiger partial charge in [0.1, 0.15) is 0 Å². The first-order chi connectivity index (χ1) is 10.9. The van der Waals surface area contributed by atoms with Gasteiger partial charge in [-0.25, -0.2) is 0 Å². The zero-order chi connectivity index (χ0) is 16.6. The Kier molecular flexibility index (Phi) is 3.93. The number of carbonyl (C=O) groups is 1. The summed E-state index contributed by atoms with van der Waals surface area (Å²) in [6.07, 6.45) is -1.29. The van der Waals surface area contributed by atoms with Crippen LogP contribution in [0, 0.1) is 5.92 Å². The third kappa shape index (κ3) is 3.13. The molecule has 9 heteroatoms. The van der Waals surface area contributed by atoms with Gasteiger partial charge in [-0.2, -0.15) is 8.78 Å². The summed E-state index contributed by atoms with van der Waals surface area (Å²) in [6, 6.07) is 2.83. The summed E-state index contributed by atoms with van der Waals surface area (Å²) in [5.41, 5.74) is 0.00481. The summed E-state index contributed by atoms with van der Waals surface area (Å²) < 4.78 is 31.2. The molecule has 2 aromatic rings. The first kappa shape index (κ1) is 15.3. The monoisotopic (exact) mass is 324 g/mol. The van der Waals surface area contributed by atoms with Gasteiger partial charge < -0.3 is 13.9 Å². The molecule has 0 aromatic carbocycles. The molecule has 3 heterocycles. The molecule has 0 bridgehead atoms. The van der Waals surface area contributed by atoms with Crippen molar-refractivity contribution in [1.82, 2.24) is 19.7 Å². The lowest BCUT2D eigenvalue weighted by atomic mass is 10.00. The summed E-state index contributed by atoms with van der Waals surface area (Å²) in [5, 5.41) is 6.73. The molecule has 23 heavy (non-hydrogen) atoms. The highest BCUT2D eigenvalue weighted by atomic mass is 19.3. The zero-order valence-corrected chi connectivity index (χ0v) is 12.3. The Morgan fingerprint density at radius 1 is 1.43 bits per heavy atom. The minimum Gasteiger partial charge on any atom is -0.415 e. The first-order valence-corrected chi connectivity index (χ1v) is 7.02. The second-order valence-corrected chi connectivity index (χ2v) is 5.44. The first-order valence-electron chi connectivity index (χ1n) is 7.02. The van der Waals surface area contributed by atoms with Crippen LogP contribution in [0.1, 0.15) is 19.2 Å². The van der Waals surface area contributed by atoms with E-state index >= 15 is 0 Å². The van der Waals surface area contributed by atoms with Crippen molar-refractivity contribution in [3.05, 3.63) is 34.6 Å². The van der Waals surface area contributed by atoms with Crippen LogP contribution in [0.25, 0.3) is 11.5 Å². The van der Waals surface area contributed by atoms with E-state index < -0.39 is 12.3 Å². The average Bonchev–Trinajstić information content (AvgIpc) is 2.93. The Balaban J connectivity index is 1.71. The molecule has 2 aromatic heterocycles. The zero-order valence-electron chi connectivity index (χ0n) is 12.3. The Morgan fingerprint density at radius 3 is 2.74 bits per heavy atom. The van der Waals surface area contributed by atoms with E-state index in [1.807, 2.05) is 0 Å². The molecule has 1 saturated heterocycles. The van der Waals surface area contributed by atoms with Gasteiger partial charge in [0.25, 0.3) is 11.4 Å². The van der Waals surface area contributed by atoms with Gasteiger partial charge in [0.2, 0.25) is 11.8 Å². The predicted molar refractivity (Wildman–Crippen MR) is 74.7 cm³/mol. The summed E-state index contributed by atoms with van der Waals surface area (Å²) in [4.78, 5) is 24.9. The smallest absolute Gasteiger partial charge is 0.314 e. The maximum absolute atomic E-state index is 12.4. The minimum atomic E-state index is -2.85. The summed E-state index contributed by atoms with van der Waals surface area (Å²) >= 11 is 0. The third-order valence-electron chi connectivity index (χ3n) is 3.73. The number of alkyl halides is 2. The van der Waals surface area contributed by atoms with E-state index in [0.29, 0.717) is 25.2 Å². The fourth-order valence-electron chi connectivity index (χ4n) is 2.45. The molecule has 0 aliphatic carbocycles. The number of likely N-dealkylation sites (tertiary alicyclic amines) is 1. The second-order valence-electron chi connectivity index (χ2n) is 5.44. The Morgan fingerprint density at radius 2 is 2.17 bits per heavy atom. The summed E-state index contributed by atoms with van der Waals surface area (Å²) in [7, 11) is 0. The van der Waals surface area contributed by atoms with Crippen molar-refractivity contribution in [2.24, 2.45) is 5.92 Å². The number of pyridine rings is 1. The lowest BCUT2D eigenvalue weighted by Gasteiger charge is -2.38. The van der Waals surface area contributed by atoms with Crippen LogP contribution in [0.15, 0.2) is 27.5 Å². The lowest BCUT2D eigenvalue weighted by Crippen LogP contribution is -2.51. The molecule has 0 atom stereocenters. The Hall–Kier alpha value is -2.58. The van der Waals surface area contributed by atoms with Gasteiger partial charge in [-0.3, -0.25) is 9.59 Å².